The largest absolute Gasteiger partial charge is 0.504 e. The first-order valence-corrected chi connectivity index (χ1v) is 14.5. The minimum absolute atomic E-state index is 0.0146. The van der Waals surface area contributed by atoms with E-state index >= 15 is 0 Å². The lowest BCUT2D eigenvalue weighted by Crippen LogP contribution is -2.05. The number of aromatic hydroxyl groups is 2. The van der Waals surface area contributed by atoms with Crippen molar-refractivity contribution < 1.29 is 28.1 Å². The molecule has 0 saturated heterocycles. The molecule has 0 aliphatic heterocycles. The summed E-state index contributed by atoms with van der Waals surface area (Å²) in [6, 6.07) is 8.08. The normalized spacial score (nSPS) is 11.5. The molecule has 0 fully saturated rings. The van der Waals surface area contributed by atoms with E-state index in [0.29, 0.717) is 13.2 Å². The van der Waals surface area contributed by atoms with Crippen LogP contribution in [-0.4, -0.2) is 31.8 Å². The minimum atomic E-state index is -3.89. The summed E-state index contributed by atoms with van der Waals surface area (Å²) >= 11 is 0. The van der Waals surface area contributed by atoms with Crippen LogP contribution in [0.2, 0.25) is 0 Å². The molecule has 196 valence electrons. The Morgan fingerprint density at radius 2 is 0.971 bits per heavy atom. The fourth-order valence-corrected chi connectivity index (χ4v) is 5.11. The van der Waals surface area contributed by atoms with Crippen LogP contribution in [-0.2, 0) is 9.84 Å². The molecule has 35 heavy (non-hydrogen) atoms. The van der Waals surface area contributed by atoms with Gasteiger partial charge in [0.1, 0.15) is 0 Å². The van der Waals surface area contributed by atoms with Gasteiger partial charge in [-0.05, 0) is 37.1 Å². The Morgan fingerprint density at radius 3 is 1.37 bits per heavy atom. The number of phenolic OH excluding ortho intramolecular Hbond substituents is 2. The van der Waals surface area contributed by atoms with Crippen molar-refractivity contribution in [3.63, 3.8) is 0 Å². The van der Waals surface area contributed by atoms with Crippen LogP contribution in [0.25, 0.3) is 0 Å². The standard InChI is InChI=1S/C28H42O6S/c1-3-5-7-9-11-13-19-33-27-21-23(15-17-25(27)29)35(31,32)24-16-18-26(30)28(22-24)34-20-14-12-10-8-6-4-2/h15-18,21-22,29-30H,3-14,19-20H2,1-2H3. The summed E-state index contributed by atoms with van der Waals surface area (Å²) in [5, 5.41) is 20.3. The molecule has 2 aromatic carbocycles. The van der Waals surface area contributed by atoms with Gasteiger partial charge in [0.2, 0.25) is 9.84 Å². The average Bonchev–Trinajstić information content (AvgIpc) is 2.84. The second kappa shape index (κ2) is 15.6. The van der Waals surface area contributed by atoms with Crippen molar-refractivity contribution in [1.29, 1.82) is 0 Å². The molecule has 2 N–H and O–H groups in total. The minimum Gasteiger partial charge on any atom is -0.504 e. The van der Waals surface area contributed by atoms with Gasteiger partial charge in [0.15, 0.2) is 23.0 Å². The second-order valence-electron chi connectivity index (χ2n) is 8.99. The van der Waals surface area contributed by atoms with Crippen LogP contribution in [0.15, 0.2) is 46.2 Å². The topological polar surface area (TPSA) is 93.1 Å². The Morgan fingerprint density at radius 1 is 0.600 bits per heavy atom. The van der Waals surface area contributed by atoms with Gasteiger partial charge in [-0.15, -0.1) is 0 Å². The zero-order chi connectivity index (χ0) is 25.5. The second-order valence-corrected chi connectivity index (χ2v) is 10.9. The number of sulfone groups is 1. The lowest BCUT2D eigenvalue weighted by atomic mass is 10.1. The van der Waals surface area contributed by atoms with Crippen LogP contribution in [0, 0.1) is 0 Å². The molecular formula is C28H42O6S. The summed E-state index contributed by atoms with van der Waals surface area (Å²) < 4.78 is 37.8. The van der Waals surface area contributed by atoms with Crippen molar-refractivity contribution in [1.82, 2.24) is 0 Å². The van der Waals surface area contributed by atoms with Gasteiger partial charge in [0, 0.05) is 12.1 Å². The first-order chi connectivity index (χ1) is 16.9. The summed E-state index contributed by atoms with van der Waals surface area (Å²) in [4.78, 5) is 0.0293. The van der Waals surface area contributed by atoms with Gasteiger partial charge in [0.05, 0.1) is 23.0 Å². The van der Waals surface area contributed by atoms with Gasteiger partial charge >= 0.3 is 0 Å². The van der Waals surface area contributed by atoms with Crippen LogP contribution in [0.3, 0.4) is 0 Å². The third kappa shape index (κ3) is 9.63. The van der Waals surface area contributed by atoms with Crippen molar-refractivity contribution >= 4 is 9.84 Å². The third-order valence-electron chi connectivity index (χ3n) is 5.99. The number of benzene rings is 2. The van der Waals surface area contributed by atoms with Crippen molar-refractivity contribution in [2.75, 3.05) is 13.2 Å². The molecule has 7 heteroatoms. The number of ether oxygens (including phenoxy) is 2. The highest BCUT2D eigenvalue weighted by atomic mass is 32.2. The lowest BCUT2D eigenvalue weighted by Gasteiger charge is -2.13. The van der Waals surface area contributed by atoms with Crippen molar-refractivity contribution in [3.05, 3.63) is 36.4 Å². The van der Waals surface area contributed by atoms with Crippen molar-refractivity contribution in [3.8, 4) is 23.0 Å². The molecule has 0 aliphatic rings. The van der Waals surface area contributed by atoms with E-state index in [2.05, 4.69) is 13.8 Å². The van der Waals surface area contributed by atoms with Crippen molar-refractivity contribution in [2.45, 2.75) is 101 Å². The maximum Gasteiger partial charge on any atom is 0.206 e. The van der Waals surface area contributed by atoms with E-state index < -0.39 is 9.84 Å². The number of hydrogen-bond acceptors (Lipinski definition) is 6. The highest BCUT2D eigenvalue weighted by Gasteiger charge is 2.21. The monoisotopic (exact) mass is 506 g/mol. The Bertz CT molecular complexity index is 913. The predicted molar refractivity (Wildman–Crippen MR) is 139 cm³/mol. The number of rotatable bonds is 18. The number of hydrogen-bond donors (Lipinski definition) is 2. The quantitative estimate of drug-likeness (QED) is 0.205. The molecular weight excluding hydrogens is 464 g/mol. The number of phenols is 2. The van der Waals surface area contributed by atoms with E-state index in [1.807, 2.05) is 0 Å². The Labute approximate surface area is 211 Å². The maximum atomic E-state index is 13.2. The zero-order valence-electron chi connectivity index (χ0n) is 21.3. The molecule has 2 rings (SSSR count). The molecule has 0 heterocycles. The van der Waals surface area contributed by atoms with Gasteiger partial charge < -0.3 is 19.7 Å². The Hall–Kier alpha value is -2.41. The smallest absolute Gasteiger partial charge is 0.206 e. The van der Waals surface area contributed by atoms with Crippen LogP contribution < -0.4 is 9.47 Å². The highest BCUT2D eigenvalue weighted by molar-refractivity contribution is 7.91. The molecule has 0 amide bonds. The highest BCUT2D eigenvalue weighted by Crippen LogP contribution is 2.35. The van der Waals surface area contributed by atoms with E-state index in [0.717, 1.165) is 38.5 Å². The van der Waals surface area contributed by atoms with Crippen LogP contribution in [0.4, 0.5) is 0 Å². The van der Waals surface area contributed by atoms with E-state index in [1.165, 1.54) is 74.9 Å². The van der Waals surface area contributed by atoms with Gasteiger partial charge in [-0.1, -0.05) is 78.1 Å². The predicted octanol–water partition coefficient (Wildman–Crippen LogP) is 7.41. The Kier molecular flexibility index (Phi) is 12.8. The van der Waals surface area contributed by atoms with Crippen molar-refractivity contribution in [2.24, 2.45) is 0 Å². The summed E-state index contributed by atoms with van der Waals surface area (Å²) in [6.07, 6.45) is 13.3. The summed E-state index contributed by atoms with van der Waals surface area (Å²) in [6.45, 7) is 5.18. The van der Waals surface area contributed by atoms with Crippen LogP contribution >= 0.6 is 0 Å². The van der Waals surface area contributed by atoms with Crippen LogP contribution in [0.1, 0.15) is 90.9 Å². The molecule has 2 aromatic rings. The molecule has 0 unspecified atom stereocenters. The van der Waals surface area contributed by atoms with Gasteiger partial charge in [0.25, 0.3) is 0 Å². The molecule has 0 aromatic heterocycles. The fourth-order valence-electron chi connectivity index (χ4n) is 3.82. The molecule has 6 nitrogen and oxygen atoms in total. The van der Waals surface area contributed by atoms with E-state index in [9.17, 15) is 18.6 Å². The molecule has 0 bridgehead atoms. The molecule has 0 radical (unpaired) electrons. The maximum absolute atomic E-state index is 13.2. The van der Waals surface area contributed by atoms with Gasteiger partial charge in [-0.2, -0.15) is 0 Å². The third-order valence-corrected chi connectivity index (χ3v) is 7.74. The summed E-state index contributed by atoms with van der Waals surface area (Å²) in [7, 11) is -3.89. The van der Waals surface area contributed by atoms with Gasteiger partial charge in [-0.3, -0.25) is 0 Å². The molecule has 0 saturated carbocycles. The van der Waals surface area contributed by atoms with E-state index in [4.69, 9.17) is 9.47 Å². The molecule has 0 spiro atoms. The fraction of sp³-hybridized carbons (Fsp3) is 0.571. The van der Waals surface area contributed by atoms with E-state index in [-0.39, 0.29) is 32.8 Å². The SMILES string of the molecule is CCCCCCCCOc1cc(S(=O)(=O)c2ccc(O)c(OCCCCCCCC)c2)ccc1O. The molecule has 0 atom stereocenters. The lowest BCUT2D eigenvalue weighted by molar-refractivity contribution is 0.287. The molecule has 0 aliphatic carbocycles. The van der Waals surface area contributed by atoms with E-state index in [1.54, 1.807) is 0 Å². The summed E-state index contributed by atoms with van der Waals surface area (Å²) in [5.41, 5.74) is 0. The van der Waals surface area contributed by atoms with Gasteiger partial charge in [-0.25, -0.2) is 8.42 Å². The Balaban J connectivity index is 2.00. The first kappa shape index (κ1) is 28.8. The zero-order valence-corrected chi connectivity index (χ0v) is 22.1. The average molecular weight is 507 g/mol. The number of unbranched alkanes of at least 4 members (excludes halogenated alkanes) is 10. The summed E-state index contributed by atoms with van der Waals surface area (Å²) in [5.74, 6) is 0.114. The van der Waals surface area contributed by atoms with Crippen LogP contribution in [0.5, 0.6) is 23.0 Å². The first-order valence-electron chi connectivity index (χ1n) is 13.1.